The first kappa shape index (κ1) is 30.4. The van der Waals surface area contributed by atoms with Crippen molar-refractivity contribution in [3.63, 3.8) is 0 Å². The van der Waals surface area contributed by atoms with E-state index in [4.69, 9.17) is 0 Å². The van der Waals surface area contributed by atoms with Gasteiger partial charge in [-0.25, -0.2) is 0 Å². The van der Waals surface area contributed by atoms with Crippen LogP contribution >= 0.6 is 0 Å². The van der Waals surface area contributed by atoms with Gasteiger partial charge < -0.3 is 9.47 Å². The SMILES string of the molecule is Cc1ccc2c(c1)c1c3c(c4ccccc4c1n2-c1ccc(-c2ccc(N(c4ccccc4)c4ccccc4)cc2)cc1)-c1ccccc1C3(C)C. The molecule has 0 N–H and O–H groups in total. The van der Waals surface area contributed by atoms with Crippen LogP contribution in [0.2, 0.25) is 0 Å². The van der Waals surface area contributed by atoms with Gasteiger partial charge in [0, 0.05) is 44.3 Å². The maximum absolute atomic E-state index is 2.51. The van der Waals surface area contributed by atoms with Crippen LogP contribution in [0.25, 0.3) is 60.5 Å². The molecule has 2 heteroatoms. The molecule has 2 nitrogen and oxygen atoms in total. The van der Waals surface area contributed by atoms with Crippen LogP contribution in [0.3, 0.4) is 0 Å². The van der Waals surface area contributed by atoms with Gasteiger partial charge in [-0.1, -0.05) is 135 Å². The number of benzene rings is 8. The summed E-state index contributed by atoms with van der Waals surface area (Å²) in [5.41, 5.74) is 16.2. The van der Waals surface area contributed by atoms with E-state index in [0.717, 1.165) is 17.1 Å². The van der Waals surface area contributed by atoms with E-state index in [0.29, 0.717) is 0 Å². The molecular formula is C50H38N2. The topological polar surface area (TPSA) is 8.17 Å². The summed E-state index contributed by atoms with van der Waals surface area (Å²) in [6.45, 7) is 7.02. The molecule has 0 saturated carbocycles. The van der Waals surface area contributed by atoms with Gasteiger partial charge in [0.25, 0.3) is 0 Å². The maximum Gasteiger partial charge on any atom is 0.0623 e. The summed E-state index contributed by atoms with van der Waals surface area (Å²) in [7, 11) is 0. The molecule has 0 radical (unpaired) electrons. The highest BCUT2D eigenvalue weighted by molar-refractivity contribution is 6.25. The van der Waals surface area contributed by atoms with Crippen molar-refractivity contribution in [2.75, 3.05) is 4.90 Å². The molecular weight excluding hydrogens is 629 g/mol. The molecule has 1 aliphatic rings. The molecule has 0 unspecified atom stereocenters. The Morgan fingerprint density at radius 2 is 1.06 bits per heavy atom. The highest BCUT2D eigenvalue weighted by Gasteiger charge is 2.39. The van der Waals surface area contributed by atoms with Crippen molar-refractivity contribution in [3.05, 3.63) is 193 Å². The second-order valence-corrected chi connectivity index (χ2v) is 14.6. The van der Waals surface area contributed by atoms with Gasteiger partial charge in [0.2, 0.25) is 0 Å². The second-order valence-electron chi connectivity index (χ2n) is 14.6. The number of para-hydroxylation sites is 2. The zero-order valence-corrected chi connectivity index (χ0v) is 29.6. The first-order chi connectivity index (χ1) is 25.5. The van der Waals surface area contributed by atoms with Crippen molar-refractivity contribution in [1.29, 1.82) is 0 Å². The number of rotatable bonds is 5. The first-order valence-electron chi connectivity index (χ1n) is 18.2. The highest BCUT2D eigenvalue weighted by atomic mass is 15.1. The zero-order valence-electron chi connectivity index (χ0n) is 29.6. The number of hydrogen-bond donors (Lipinski definition) is 0. The number of nitrogens with zero attached hydrogens (tertiary/aromatic N) is 2. The lowest BCUT2D eigenvalue weighted by Crippen LogP contribution is -2.15. The Morgan fingerprint density at radius 1 is 0.500 bits per heavy atom. The Balaban J connectivity index is 1.13. The van der Waals surface area contributed by atoms with Crippen LogP contribution in [0.5, 0.6) is 0 Å². The van der Waals surface area contributed by atoms with Crippen molar-refractivity contribution >= 4 is 49.6 Å². The van der Waals surface area contributed by atoms with E-state index in [-0.39, 0.29) is 5.41 Å². The van der Waals surface area contributed by atoms with Gasteiger partial charge in [-0.3, -0.25) is 0 Å². The van der Waals surface area contributed by atoms with Crippen LogP contribution in [0.4, 0.5) is 17.1 Å². The molecule has 248 valence electrons. The summed E-state index contributed by atoms with van der Waals surface area (Å²) >= 11 is 0. The lowest BCUT2D eigenvalue weighted by atomic mass is 9.79. The van der Waals surface area contributed by atoms with Crippen molar-refractivity contribution in [2.24, 2.45) is 0 Å². The van der Waals surface area contributed by atoms with Crippen LogP contribution < -0.4 is 4.90 Å². The van der Waals surface area contributed by atoms with Crippen LogP contribution in [0, 0.1) is 6.92 Å². The van der Waals surface area contributed by atoms with E-state index in [2.05, 4.69) is 206 Å². The average molecular weight is 667 g/mol. The number of hydrogen-bond acceptors (Lipinski definition) is 1. The van der Waals surface area contributed by atoms with Gasteiger partial charge in [-0.15, -0.1) is 0 Å². The standard InChI is InChI=1S/C50H38N2/c1-33-22-31-45-43(32-33)47-48-46(42-20-12-13-21-44(42)50(48,2)3)40-18-10-11-19-41(40)49(47)52(45)39-29-25-35(26-30-39)34-23-27-38(28-24-34)51(36-14-6-4-7-15-36)37-16-8-5-9-17-37/h4-32H,1-3H3. The maximum atomic E-state index is 2.51. The van der Waals surface area contributed by atoms with E-state index < -0.39 is 0 Å². The summed E-state index contributed by atoms with van der Waals surface area (Å²) in [5, 5.41) is 5.30. The van der Waals surface area contributed by atoms with Gasteiger partial charge in [-0.05, 0) is 106 Å². The molecule has 0 amide bonds. The van der Waals surface area contributed by atoms with Crippen LogP contribution in [0.1, 0.15) is 30.5 Å². The third-order valence-electron chi connectivity index (χ3n) is 11.2. The quantitative estimate of drug-likeness (QED) is 0.177. The fourth-order valence-corrected chi connectivity index (χ4v) is 8.84. The molecule has 0 fully saturated rings. The molecule has 9 aromatic rings. The summed E-state index contributed by atoms with van der Waals surface area (Å²) in [4.78, 5) is 2.30. The molecule has 0 atom stereocenters. The predicted octanol–water partition coefficient (Wildman–Crippen LogP) is 13.7. The zero-order chi connectivity index (χ0) is 35.0. The summed E-state index contributed by atoms with van der Waals surface area (Å²) in [5.74, 6) is 0. The van der Waals surface area contributed by atoms with E-state index >= 15 is 0 Å². The van der Waals surface area contributed by atoms with Gasteiger partial charge >= 0.3 is 0 Å². The predicted molar refractivity (Wildman–Crippen MR) is 221 cm³/mol. The van der Waals surface area contributed by atoms with Crippen molar-refractivity contribution < 1.29 is 0 Å². The van der Waals surface area contributed by atoms with Crippen LogP contribution in [-0.2, 0) is 5.41 Å². The summed E-state index contributed by atoms with van der Waals surface area (Å²) < 4.78 is 2.51. The minimum Gasteiger partial charge on any atom is -0.311 e. The Labute approximate surface area is 304 Å². The summed E-state index contributed by atoms with van der Waals surface area (Å²) in [6.07, 6.45) is 0. The van der Waals surface area contributed by atoms with Crippen molar-refractivity contribution in [3.8, 4) is 27.9 Å². The van der Waals surface area contributed by atoms with Crippen LogP contribution in [0.15, 0.2) is 176 Å². The Kier molecular flexibility index (Phi) is 6.78. The van der Waals surface area contributed by atoms with Gasteiger partial charge in [0.05, 0.1) is 11.0 Å². The van der Waals surface area contributed by atoms with Gasteiger partial charge in [0.15, 0.2) is 0 Å². The fourth-order valence-electron chi connectivity index (χ4n) is 8.84. The van der Waals surface area contributed by atoms with Crippen molar-refractivity contribution in [2.45, 2.75) is 26.2 Å². The van der Waals surface area contributed by atoms with Crippen LogP contribution in [-0.4, -0.2) is 4.57 Å². The number of anilines is 3. The van der Waals surface area contributed by atoms with E-state index in [1.54, 1.807) is 0 Å². The number of fused-ring (bicyclic) bond motifs is 10. The lowest BCUT2D eigenvalue weighted by molar-refractivity contribution is 0.667. The Morgan fingerprint density at radius 3 is 1.73 bits per heavy atom. The molecule has 8 aromatic carbocycles. The van der Waals surface area contributed by atoms with E-state index in [9.17, 15) is 0 Å². The molecule has 1 aromatic heterocycles. The normalized spacial score (nSPS) is 13.1. The molecule has 0 spiro atoms. The molecule has 0 aliphatic heterocycles. The molecule has 0 saturated heterocycles. The van der Waals surface area contributed by atoms with Crippen molar-refractivity contribution in [1.82, 2.24) is 4.57 Å². The number of aryl methyl sites for hydroxylation is 1. The Hall–Kier alpha value is -6.38. The third-order valence-corrected chi connectivity index (χ3v) is 11.2. The van der Waals surface area contributed by atoms with Gasteiger partial charge in [-0.2, -0.15) is 0 Å². The highest BCUT2D eigenvalue weighted by Crippen LogP contribution is 2.56. The van der Waals surface area contributed by atoms with E-state index in [1.807, 2.05) is 0 Å². The van der Waals surface area contributed by atoms with E-state index in [1.165, 1.54) is 77.2 Å². The Bertz CT molecular complexity index is 2750. The summed E-state index contributed by atoms with van der Waals surface area (Å²) in [6, 6.07) is 64.2. The minimum absolute atomic E-state index is 0.135. The molecule has 52 heavy (non-hydrogen) atoms. The molecule has 1 aliphatic carbocycles. The fraction of sp³-hybridized carbons (Fsp3) is 0.0800. The molecule has 10 rings (SSSR count). The largest absolute Gasteiger partial charge is 0.311 e. The van der Waals surface area contributed by atoms with Gasteiger partial charge in [0.1, 0.15) is 0 Å². The monoisotopic (exact) mass is 666 g/mol. The lowest BCUT2D eigenvalue weighted by Gasteiger charge is -2.25. The third kappa shape index (κ3) is 4.50. The molecule has 1 heterocycles. The molecule has 0 bridgehead atoms. The number of aromatic nitrogens is 1. The average Bonchev–Trinajstić information content (AvgIpc) is 3.65. The minimum atomic E-state index is -0.135. The first-order valence-corrected chi connectivity index (χ1v) is 18.2. The smallest absolute Gasteiger partial charge is 0.0623 e. The second kappa shape index (κ2) is 11.6.